The molecule has 1 unspecified atom stereocenters. The van der Waals surface area contributed by atoms with E-state index in [2.05, 4.69) is 25.8 Å². The molecule has 0 radical (unpaired) electrons. The zero-order chi connectivity index (χ0) is 21.3. The molecule has 0 aliphatic heterocycles. The zero-order valence-corrected chi connectivity index (χ0v) is 19.2. The molecule has 4 aromatic rings. The number of nitrogens with one attached hydrogen (secondary N) is 1. The number of amides is 1. The molecule has 30 heavy (non-hydrogen) atoms. The quantitative estimate of drug-likeness (QED) is 0.332. The maximum Gasteiger partial charge on any atom is 0.251 e. The summed E-state index contributed by atoms with van der Waals surface area (Å²) >= 11 is 15.9. The van der Waals surface area contributed by atoms with Crippen molar-refractivity contribution in [3.63, 3.8) is 0 Å². The topological polar surface area (TPSA) is 46.9 Å². The molecule has 1 N–H and O–H groups in total. The highest BCUT2D eigenvalue weighted by Crippen LogP contribution is 2.27. The molecule has 152 valence electrons. The Morgan fingerprint density at radius 2 is 1.90 bits per heavy atom. The molecule has 0 saturated heterocycles. The van der Waals surface area contributed by atoms with Crippen molar-refractivity contribution in [1.29, 1.82) is 0 Å². The Kier molecular flexibility index (Phi) is 6.14. The fourth-order valence-electron chi connectivity index (χ4n) is 3.39. The van der Waals surface area contributed by atoms with Crippen LogP contribution in [0.4, 0.5) is 0 Å². The molecule has 1 amide bonds. The van der Waals surface area contributed by atoms with Crippen molar-refractivity contribution in [2.45, 2.75) is 19.5 Å². The van der Waals surface area contributed by atoms with Crippen LogP contribution >= 0.6 is 39.1 Å². The minimum atomic E-state index is -0.310. The van der Waals surface area contributed by atoms with Gasteiger partial charge in [-0.25, -0.2) is 4.98 Å². The summed E-state index contributed by atoms with van der Waals surface area (Å²) < 4.78 is 2.93. The molecule has 0 saturated carbocycles. The molecule has 0 spiro atoms. The summed E-state index contributed by atoms with van der Waals surface area (Å²) in [6, 6.07) is 20.3. The van der Waals surface area contributed by atoms with Gasteiger partial charge in [-0.1, -0.05) is 63.4 Å². The molecule has 7 heteroatoms. The van der Waals surface area contributed by atoms with Crippen LogP contribution < -0.4 is 5.32 Å². The van der Waals surface area contributed by atoms with Gasteiger partial charge in [0.05, 0.1) is 23.6 Å². The Bertz CT molecular complexity index is 1240. The molecular weight excluding hydrogens is 485 g/mol. The van der Waals surface area contributed by atoms with Gasteiger partial charge in [-0.3, -0.25) is 4.79 Å². The summed E-state index contributed by atoms with van der Waals surface area (Å²) in [7, 11) is 0. The van der Waals surface area contributed by atoms with Crippen LogP contribution in [0, 0.1) is 0 Å². The highest BCUT2D eigenvalue weighted by atomic mass is 79.9. The lowest BCUT2D eigenvalue weighted by molar-refractivity contribution is 0.0937. The van der Waals surface area contributed by atoms with E-state index in [9.17, 15) is 4.79 Å². The van der Waals surface area contributed by atoms with Gasteiger partial charge < -0.3 is 9.88 Å². The zero-order valence-electron chi connectivity index (χ0n) is 16.1. The van der Waals surface area contributed by atoms with Crippen molar-refractivity contribution in [2.75, 3.05) is 0 Å². The Hall–Kier alpha value is -2.34. The fraction of sp³-hybridized carbons (Fsp3) is 0.130. The van der Waals surface area contributed by atoms with Crippen molar-refractivity contribution >= 4 is 56.1 Å². The van der Waals surface area contributed by atoms with Crippen molar-refractivity contribution < 1.29 is 4.79 Å². The summed E-state index contributed by atoms with van der Waals surface area (Å²) in [6.07, 6.45) is 0. The Morgan fingerprint density at radius 3 is 2.67 bits per heavy atom. The Morgan fingerprint density at radius 1 is 1.10 bits per heavy atom. The van der Waals surface area contributed by atoms with Gasteiger partial charge in [0.1, 0.15) is 5.82 Å². The van der Waals surface area contributed by atoms with Crippen LogP contribution in [0.1, 0.15) is 34.7 Å². The van der Waals surface area contributed by atoms with Crippen LogP contribution in [0.15, 0.2) is 71.2 Å². The lowest BCUT2D eigenvalue weighted by atomic mass is 10.2. The van der Waals surface area contributed by atoms with Gasteiger partial charge in [0, 0.05) is 20.1 Å². The largest absolute Gasteiger partial charge is 0.342 e. The molecule has 0 fully saturated rings. The maximum absolute atomic E-state index is 12.8. The number of fused-ring (bicyclic) bond motifs is 1. The summed E-state index contributed by atoms with van der Waals surface area (Å²) in [5.74, 6) is 0.595. The van der Waals surface area contributed by atoms with Gasteiger partial charge in [-0.15, -0.1) is 0 Å². The Labute approximate surface area is 193 Å². The molecule has 0 aliphatic rings. The number of rotatable bonds is 5. The first-order valence-corrected chi connectivity index (χ1v) is 10.9. The number of carbonyl (C=O) groups is 1. The average molecular weight is 503 g/mol. The summed E-state index contributed by atoms with van der Waals surface area (Å²) in [4.78, 5) is 17.5. The van der Waals surface area contributed by atoms with Crippen LogP contribution in [0.5, 0.6) is 0 Å². The van der Waals surface area contributed by atoms with Crippen molar-refractivity contribution in [2.24, 2.45) is 0 Å². The van der Waals surface area contributed by atoms with Crippen LogP contribution in [0.3, 0.4) is 0 Å². The van der Waals surface area contributed by atoms with E-state index in [-0.39, 0.29) is 11.9 Å². The molecule has 1 aromatic heterocycles. The highest BCUT2D eigenvalue weighted by Gasteiger charge is 2.20. The molecule has 4 nitrogen and oxygen atoms in total. The highest BCUT2D eigenvalue weighted by molar-refractivity contribution is 9.10. The van der Waals surface area contributed by atoms with E-state index in [1.807, 2.05) is 55.5 Å². The van der Waals surface area contributed by atoms with Crippen LogP contribution in [-0.2, 0) is 6.54 Å². The van der Waals surface area contributed by atoms with Crippen molar-refractivity contribution in [3.05, 3.63) is 98.2 Å². The number of aromatic nitrogens is 2. The standard InChI is InChI=1S/C23H18BrCl2N3O/c1-14(27-23(30)15-5-4-6-17(24)11-15)22-28-20-7-2-3-8-21(20)29(22)13-16-9-10-18(25)12-19(16)26/h2-12,14H,13H2,1H3,(H,27,30). The third-order valence-electron chi connectivity index (χ3n) is 4.85. The monoisotopic (exact) mass is 501 g/mol. The predicted octanol–water partition coefficient (Wildman–Crippen LogP) is 6.64. The normalized spacial score (nSPS) is 12.1. The number of imidazole rings is 1. The van der Waals surface area contributed by atoms with Crippen LogP contribution in [-0.4, -0.2) is 15.5 Å². The van der Waals surface area contributed by atoms with Gasteiger partial charge in [0.2, 0.25) is 0 Å². The Balaban J connectivity index is 1.69. The van der Waals surface area contributed by atoms with Gasteiger partial charge in [0.25, 0.3) is 5.91 Å². The fourth-order valence-corrected chi connectivity index (χ4v) is 4.25. The number of nitrogens with zero attached hydrogens (tertiary/aromatic N) is 2. The van der Waals surface area contributed by atoms with E-state index in [1.165, 1.54) is 0 Å². The van der Waals surface area contributed by atoms with E-state index < -0.39 is 0 Å². The third kappa shape index (κ3) is 4.38. The SMILES string of the molecule is CC(NC(=O)c1cccc(Br)c1)c1nc2ccccc2n1Cc1ccc(Cl)cc1Cl. The first-order valence-electron chi connectivity index (χ1n) is 9.38. The summed E-state index contributed by atoms with van der Waals surface area (Å²) in [5.41, 5.74) is 3.35. The van der Waals surface area contributed by atoms with E-state index in [0.717, 1.165) is 26.9 Å². The van der Waals surface area contributed by atoms with Crippen LogP contribution in [0.25, 0.3) is 11.0 Å². The number of halogens is 3. The molecule has 1 atom stereocenters. The van der Waals surface area contributed by atoms with Gasteiger partial charge in [-0.2, -0.15) is 0 Å². The minimum Gasteiger partial charge on any atom is -0.342 e. The summed E-state index contributed by atoms with van der Waals surface area (Å²) in [6.45, 7) is 2.44. The molecule has 4 rings (SSSR count). The lowest BCUT2D eigenvalue weighted by Crippen LogP contribution is -2.28. The first-order chi connectivity index (χ1) is 14.4. The van der Waals surface area contributed by atoms with Gasteiger partial charge >= 0.3 is 0 Å². The number of hydrogen-bond acceptors (Lipinski definition) is 2. The predicted molar refractivity (Wildman–Crippen MR) is 125 cm³/mol. The van der Waals surface area contributed by atoms with Crippen molar-refractivity contribution in [1.82, 2.24) is 14.9 Å². The number of benzene rings is 3. The molecule has 1 heterocycles. The van der Waals surface area contributed by atoms with E-state index in [4.69, 9.17) is 28.2 Å². The molecule has 3 aromatic carbocycles. The number of hydrogen-bond donors (Lipinski definition) is 1. The smallest absolute Gasteiger partial charge is 0.251 e. The number of carbonyl (C=O) groups excluding carboxylic acids is 1. The summed E-state index contributed by atoms with van der Waals surface area (Å²) in [5, 5.41) is 4.24. The van der Waals surface area contributed by atoms with Crippen LogP contribution in [0.2, 0.25) is 10.0 Å². The van der Waals surface area contributed by atoms with Gasteiger partial charge in [0.15, 0.2) is 0 Å². The van der Waals surface area contributed by atoms with Gasteiger partial charge in [-0.05, 0) is 55.0 Å². The third-order valence-corrected chi connectivity index (χ3v) is 5.93. The molecule has 0 aliphatic carbocycles. The number of para-hydroxylation sites is 2. The average Bonchev–Trinajstić information content (AvgIpc) is 3.09. The lowest BCUT2D eigenvalue weighted by Gasteiger charge is -2.17. The minimum absolute atomic E-state index is 0.160. The molecule has 0 bridgehead atoms. The van der Waals surface area contributed by atoms with E-state index in [1.54, 1.807) is 18.2 Å². The first kappa shape index (κ1) is 20.9. The maximum atomic E-state index is 12.8. The second kappa shape index (κ2) is 8.80. The second-order valence-corrected chi connectivity index (χ2v) is 8.75. The van der Waals surface area contributed by atoms with Crippen molar-refractivity contribution in [3.8, 4) is 0 Å². The second-order valence-electron chi connectivity index (χ2n) is 6.99. The molecular formula is C23H18BrCl2N3O. The van der Waals surface area contributed by atoms with E-state index in [0.29, 0.717) is 22.2 Å². The van der Waals surface area contributed by atoms with E-state index >= 15 is 0 Å².